The van der Waals surface area contributed by atoms with Gasteiger partial charge in [-0.15, -0.1) is 0 Å². The van der Waals surface area contributed by atoms with Crippen molar-refractivity contribution in [2.24, 2.45) is 11.7 Å². The van der Waals surface area contributed by atoms with E-state index in [-0.39, 0.29) is 30.6 Å². The summed E-state index contributed by atoms with van der Waals surface area (Å²) >= 11 is 0. The van der Waals surface area contributed by atoms with Gasteiger partial charge in [0.2, 0.25) is 24.4 Å². The molecule has 0 aromatic rings. The predicted octanol–water partition coefficient (Wildman–Crippen LogP) is 2.99. The second-order valence-corrected chi connectivity index (χ2v) is 10.0. The van der Waals surface area contributed by atoms with E-state index in [1.54, 1.807) is 7.11 Å². The molecule has 0 aliphatic carbocycles. The normalized spacial score (nSPS) is 24.7. The summed E-state index contributed by atoms with van der Waals surface area (Å²) in [6, 6.07) is 0.241. The van der Waals surface area contributed by atoms with Gasteiger partial charge in [0.25, 0.3) is 0 Å². The SMILES string of the molecule is C/C=C1/OCO/C1=C(/C=C/[C@@H]1C[C@H](CCN2CCCC2=O)N(CC(=O)N(CCCC)CCCN)C1)OC. The standard InChI is InChI=1S/C28H46N4O5/c1-4-6-14-30(16-8-13-29)27(34)20-32-19-22(18-23(32)12-17-31-15-7-9-26(31)33)10-11-25(35-3)28-24(5-2)36-21-37-28/h5,10-11,22-23H,4,6-9,12-21,29H2,1-3H3/b11-10+,24-5+,28-25-/t22-,23+/m1/s1. The minimum atomic E-state index is 0.169. The Morgan fingerprint density at radius 2 is 2.08 bits per heavy atom. The minimum Gasteiger partial charge on any atom is -0.493 e. The maximum absolute atomic E-state index is 13.3. The first-order chi connectivity index (χ1) is 18.0. The molecule has 208 valence electrons. The average molecular weight is 519 g/mol. The van der Waals surface area contributed by atoms with Crippen molar-refractivity contribution < 1.29 is 23.8 Å². The summed E-state index contributed by atoms with van der Waals surface area (Å²) in [7, 11) is 1.63. The summed E-state index contributed by atoms with van der Waals surface area (Å²) < 4.78 is 16.7. The van der Waals surface area contributed by atoms with Crippen molar-refractivity contribution in [3.05, 3.63) is 35.5 Å². The van der Waals surface area contributed by atoms with Crippen LogP contribution in [0.4, 0.5) is 0 Å². The Bertz CT molecular complexity index is 848. The number of likely N-dealkylation sites (tertiary alicyclic amines) is 2. The van der Waals surface area contributed by atoms with Gasteiger partial charge in [-0.3, -0.25) is 14.5 Å². The van der Waals surface area contributed by atoms with Crippen molar-refractivity contribution in [2.75, 3.05) is 59.7 Å². The zero-order valence-electron chi connectivity index (χ0n) is 23.0. The summed E-state index contributed by atoms with van der Waals surface area (Å²) in [6.07, 6.45) is 12.2. The lowest BCUT2D eigenvalue weighted by molar-refractivity contribution is -0.133. The number of allylic oxidation sites excluding steroid dienone is 2. The summed E-state index contributed by atoms with van der Waals surface area (Å²) in [4.78, 5) is 31.8. The number of nitrogens with two attached hydrogens (primary N) is 1. The highest BCUT2D eigenvalue weighted by Crippen LogP contribution is 2.30. The van der Waals surface area contributed by atoms with E-state index in [1.807, 2.05) is 28.9 Å². The number of ether oxygens (including phenoxy) is 3. The Labute approximate surface area is 222 Å². The lowest BCUT2D eigenvalue weighted by atomic mass is 10.0. The molecule has 0 saturated carbocycles. The molecule has 9 heteroatoms. The van der Waals surface area contributed by atoms with Gasteiger partial charge in [-0.05, 0) is 63.6 Å². The second kappa shape index (κ2) is 15.0. The van der Waals surface area contributed by atoms with Crippen LogP contribution in [-0.2, 0) is 23.8 Å². The van der Waals surface area contributed by atoms with E-state index in [0.29, 0.717) is 43.3 Å². The predicted molar refractivity (Wildman–Crippen MR) is 143 cm³/mol. The van der Waals surface area contributed by atoms with Crippen molar-refractivity contribution in [1.82, 2.24) is 14.7 Å². The highest BCUT2D eigenvalue weighted by Gasteiger charge is 2.34. The molecule has 37 heavy (non-hydrogen) atoms. The Balaban J connectivity index is 1.70. The van der Waals surface area contributed by atoms with Crippen LogP contribution in [0.15, 0.2) is 35.5 Å². The van der Waals surface area contributed by atoms with Crippen molar-refractivity contribution >= 4 is 11.8 Å². The Morgan fingerprint density at radius 3 is 2.76 bits per heavy atom. The summed E-state index contributed by atoms with van der Waals surface area (Å²) in [6.45, 7) is 9.08. The molecule has 3 fully saturated rings. The van der Waals surface area contributed by atoms with Crippen LogP contribution in [0.3, 0.4) is 0 Å². The third kappa shape index (κ3) is 8.23. The van der Waals surface area contributed by atoms with Crippen molar-refractivity contribution in [1.29, 1.82) is 0 Å². The number of nitrogens with zero attached hydrogens (tertiary/aromatic N) is 3. The van der Waals surface area contributed by atoms with Crippen LogP contribution in [-0.4, -0.2) is 92.3 Å². The zero-order chi connectivity index (χ0) is 26.6. The van der Waals surface area contributed by atoms with Gasteiger partial charge in [-0.1, -0.05) is 19.4 Å². The van der Waals surface area contributed by atoms with E-state index >= 15 is 0 Å². The fraction of sp³-hybridized carbons (Fsp3) is 0.714. The molecule has 2 N–H and O–H groups in total. The van der Waals surface area contributed by atoms with Gasteiger partial charge in [-0.2, -0.15) is 0 Å². The monoisotopic (exact) mass is 518 g/mol. The Hall–Kier alpha value is -2.52. The molecule has 9 nitrogen and oxygen atoms in total. The lowest BCUT2D eigenvalue weighted by Crippen LogP contribution is -2.44. The summed E-state index contributed by atoms with van der Waals surface area (Å²) in [5, 5.41) is 0. The molecule has 3 saturated heterocycles. The second-order valence-electron chi connectivity index (χ2n) is 10.0. The van der Waals surface area contributed by atoms with Crippen LogP contribution in [0.2, 0.25) is 0 Å². The number of rotatable bonds is 14. The smallest absolute Gasteiger partial charge is 0.236 e. The van der Waals surface area contributed by atoms with Crippen LogP contribution < -0.4 is 5.73 Å². The average Bonchev–Trinajstić information content (AvgIpc) is 3.63. The van der Waals surface area contributed by atoms with Gasteiger partial charge < -0.3 is 29.7 Å². The molecule has 0 aromatic heterocycles. The van der Waals surface area contributed by atoms with Gasteiger partial charge in [0.05, 0.1) is 13.7 Å². The van der Waals surface area contributed by atoms with Crippen LogP contribution >= 0.6 is 0 Å². The van der Waals surface area contributed by atoms with Gasteiger partial charge in [0.1, 0.15) is 0 Å². The van der Waals surface area contributed by atoms with Gasteiger partial charge in [-0.25, -0.2) is 0 Å². The maximum Gasteiger partial charge on any atom is 0.236 e. The van der Waals surface area contributed by atoms with Crippen molar-refractivity contribution in [2.45, 2.75) is 64.8 Å². The molecule has 2 amide bonds. The Morgan fingerprint density at radius 1 is 1.27 bits per heavy atom. The van der Waals surface area contributed by atoms with Gasteiger partial charge in [0, 0.05) is 45.2 Å². The molecule has 3 heterocycles. The largest absolute Gasteiger partial charge is 0.493 e. The van der Waals surface area contributed by atoms with E-state index in [9.17, 15) is 9.59 Å². The van der Waals surface area contributed by atoms with Crippen LogP contribution in [0.1, 0.15) is 58.8 Å². The number of carbonyl (C=O) groups excluding carboxylic acids is 2. The zero-order valence-corrected chi connectivity index (χ0v) is 23.0. The fourth-order valence-electron chi connectivity index (χ4n) is 5.32. The van der Waals surface area contributed by atoms with E-state index in [1.165, 1.54) is 0 Å². The van der Waals surface area contributed by atoms with Gasteiger partial charge in [0.15, 0.2) is 11.5 Å². The molecule has 3 aliphatic heterocycles. The first-order valence-electron chi connectivity index (χ1n) is 13.9. The third-order valence-corrected chi connectivity index (χ3v) is 7.44. The molecular weight excluding hydrogens is 472 g/mol. The summed E-state index contributed by atoms with van der Waals surface area (Å²) in [5.74, 6) is 2.61. The number of unbranched alkanes of at least 4 members (excludes halogenated alkanes) is 1. The lowest BCUT2D eigenvalue weighted by Gasteiger charge is -2.29. The molecule has 3 aliphatic rings. The number of carbonyl (C=O) groups is 2. The van der Waals surface area contributed by atoms with E-state index in [4.69, 9.17) is 19.9 Å². The maximum atomic E-state index is 13.3. The number of methoxy groups -OCH3 is 1. The molecule has 3 rings (SSSR count). The molecular formula is C28H46N4O5. The van der Waals surface area contributed by atoms with E-state index < -0.39 is 0 Å². The summed E-state index contributed by atoms with van der Waals surface area (Å²) in [5.41, 5.74) is 5.73. The first-order valence-corrected chi connectivity index (χ1v) is 13.9. The fourth-order valence-corrected chi connectivity index (χ4v) is 5.32. The number of amides is 2. The van der Waals surface area contributed by atoms with Crippen molar-refractivity contribution in [3.8, 4) is 0 Å². The molecule has 0 radical (unpaired) electrons. The van der Waals surface area contributed by atoms with Crippen LogP contribution in [0.5, 0.6) is 0 Å². The molecule has 0 bridgehead atoms. The third-order valence-electron chi connectivity index (χ3n) is 7.44. The van der Waals surface area contributed by atoms with Crippen LogP contribution in [0.25, 0.3) is 0 Å². The Kier molecular flexibility index (Phi) is 11.8. The highest BCUT2D eigenvalue weighted by atomic mass is 16.7. The van der Waals surface area contributed by atoms with E-state index in [0.717, 1.165) is 64.7 Å². The first kappa shape index (κ1) is 29.0. The number of hydrogen-bond donors (Lipinski definition) is 1. The number of hydrogen-bond acceptors (Lipinski definition) is 7. The minimum absolute atomic E-state index is 0.169. The topological polar surface area (TPSA) is 97.6 Å². The van der Waals surface area contributed by atoms with E-state index in [2.05, 4.69) is 17.9 Å². The van der Waals surface area contributed by atoms with Gasteiger partial charge >= 0.3 is 0 Å². The molecule has 0 unspecified atom stereocenters. The molecule has 0 aromatic carbocycles. The van der Waals surface area contributed by atoms with Crippen molar-refractivity contribution in [3.63, 3.8) is 0 Å². The molecule has 2 atom stereocenters. The van der Waals surface area contributed by atoms with Crippen LogP contribution in [0, 0.1) is 5.92 Å². The quantitative estimate of drug-likeness (QED) is 0.353. The molecule has 0 spiro atoms. The highest BCUT2D eigenvalue weighted by molar-refractivity contribution is 5.78.